The van der Waals surface area contributed by atoms with Crippen LogP contribution in [0.3, 0.4) is 0 Å². The third-order valence-corrected chi connectivity index (χ3v) is 6.10. The van der Waals surface area contributed by atoms with E-state index in [1.54, 1.807) is 31.2 Å². The Labute approximate surface area is 174 Å². The third-order valence-electron chi connectivity index (χ3n) is 3.89. The van der Waals surface area contributed by atoms with E-state index in [4.69, 9.17) is 34.8 Å². The molecule has 2 aromatic carbocycles. The predicted molar refractivity (Wildman–Crippen MR) is 113 cm³/mol. The van der Waals surface area contributed by atoms with Gasteiger partial charge in [-0.25, -0.2) is 8.42 Å². The van der Waals surface area contributed by atoms with Gasteiger partial charge in [-0.1, -0.05) is 59.4 Å². The summed E-state index contributed by atoms with van der Waals surface area (Å²) in [5, 5.41) is 3.32. The predicted octanol–water partition coefficient (Wildman–Crippen LogP) is 5.14. The fraction of sp³-hybridized carbons (Fsp3) is 0.278. The van der Waals surface area contributed by atoms with Crippen LogP contribution >= 0.6 is 34.8 Å². The van der Waals surface area contributed by atoms with E-state index in [1.165, 1.54) is 12.1 Å². The summed E-state index contributed by atoms with van der Waals surface area (Å²) < 4.78 is 25.9. The number of hydrogen-bond acceptors (Lipinski definition) is 3. The number of sulfonamides is 1. The smallest absolute Gasteiger partial charge is 0.248 e. The normalized spacial score (nSPS) is 12.5. The fourth-order valence-electron chi connectivity index (χ4n) is 2.59. The first-order chi connectivity index (χ1) is 12.5. The molecular weight excluding hydrogens is 431 g/mol. The second kappa shape index (κ2) is 8.69. The summed E-state index contributed by atoms with van der Waals surface area (Å²) in [4.78, 5) is 12.9. The Morgan fingerprint density at radius 1 is 1.07 bits per heavy atom. The Balaban J connectivity index is 2.40. The molecule has 2 aromatic rings. The van der Waals surface area contributed by atoms with Crippen LogP contribution in [0, 0.1) is 6.92 Å². The molecule has 0 saturated heterocycles. The molecule has 5 nitrogen and oxygen atoms in total. The Morgan fingerprint density at radius 3 is 2.15 bits per heavy atom. The first kappa shape index (κ1) is 21.8. The molecule has 146 valence electrons. The zero-order valence-electron chi connectivity index (χ0n) is 15.0. The number of nitrogens with one attached hydrogen (secondary N) is 1. The molecule has 9 heteroatoms. The van der Waals surface area contributed by atoms with E-state index >= 15 is 0 Å². The summed E-state index contributed by atoms with van der Waals surface area (Å²) in [5.74, 6) is -0.524. The topological polar surface area (TPSA) is 66.5 Å². The first-order valence-electron chi connectivity index (χ1n) is 8.06. The number of anilines is 2. The highest BCUT2D eigenvalue weighted by Crippen LogP contribution is 2.33. The summed E-state index contributed by atoms with van der Waals surface area (Å²) >= 11 is 18.0. The molecule has 0 radical (unpaired) electrons. The molecule has 1 unspecified atom stereocenters. The lowest BCUT2D eigenvalue weighted by atomic mass is 10.1. The SMILES string of the molecule is CCC(C(=O)Nc1cc(Cl)c(Cl)cc1Cl)N(c1ccc(C)cc1)S(C)(=O)=O. The van der Waals surface area contributed by atoms with Crippen molar-refractivity contribution in [1.29, 1.82) is 0 Å². The number of hydrogen-bond donors (Lipinski definition) is 1. The number of halogens is 3. The van der Waals surface area contributed by atoms with Crippen molar-refractivity contribution in [2.75, 3.05) is 15.9 Å². The van der Waals surface area contributed by atoms with Gasteiger partial charge in [0.2, 0.25) is 15.9 Å². The van der Waals surface area contributed by atoms with Crippen molar-refractivity contribution < 1.29 is 13.2 Å². The molecule has 0 aliphatic carbocycles. The second-order valence-electron chi connectivity index (χ2n) is 6.05. The van der Waals surface area contributed by atoms with E-state index in [2.05, 4.69) is 5.32 Å². The summed E-state index contributed by atoms with van der Waals surface area (Å²) in [5.41, 5.74) is 1.64. The highest BCUT2D eigenvalue weighted by molar-refractivity contribution is 7.92. The maximum absolute atomic E-state index is 12.9. The van der Waals surface area contributed by atoms with E-state index in [9.17, 15) is 13.2 Å². The van der Waals surface area contributed by atoms with E-state index in [0.29, 0.717) is 5.69 Å². The molecule has 1 N–H and O–H groups in total. The van der Waals surface area contributed by atoms with Crippen LogP contribution in [0.5, 0.6) is 0 Å². The van der Waals surface area contributed by atoms with Gasteiger partial charge in [0.25, 0.3) is 0 Å². The summed E-state index contributed by atoms with van der Waals surface area (Å²) in [6, 6.07) is 8.77. The molecule has 0 aromatic heterocycles. The Hall–Kier alpha value is -1.47. The van der Waals surface area contributed by atoms with Crippen molar-refractivity contribution in [1.82, 2.24) is 0 Å². The van der Waals surface area contributed by atoms with Crippen molar-refractivity contribution in [3.05, 3.63) is 57.0 Å². The maximum atomic E-state index is 12.9. The number of nitrogens with zero attached hydrogens (tertiary/aromatic N) is 1. The second-order valence-corrected chi connectivity index (χ2v) is 9.13. The van der Waals surface area contributed by atoms with Crippen LogP contribution in [0.25, 0.3) is 0 Å². The molecule has 27 heavy (non-hydrogen) atoms. The molecular formula is C18H19Cl3N2O3S. The number of amides is 1. The minimum Gasteiger partial charge on any atom is -0.323 e. The van der Waals surface area contributed by atoms with Crippen molar-refractivity contribution in [3.63, 3.8) is 0 Å². The van der Waals surface area contributed by atoms with E-state index in [-0.39, 0.29) is 27.2 Å². The standard InChI is InChI=1S/C18H19Cl3N2O3S/c1-4-17(18(24)22-16-10-14(20)13(19)9-15(16)21)23(27(3,25)26)12-7-5-11(2)6-8-12/h5-10,17H,4H2,1-3H3,(H,22,24). The van der Waals surface area contributed by atoms with Crippen LogP contribution in [0.4, 0.5) is 11.4 Å². The first-order valence-corrected chi connectivity index (χ1v) is 11.0. The van der Waals surface area contributed by atoms with Gasteiger partial charge in [-0.3, -0.25) is 9.10 Å². The average Bonchev–Trinajstić information content (AvgIpc) is 2.57. The van der Waals surface area contributed by atoms with Gasteiger partial charge in [0.05, 0.1) is 32.7 Å². The van der Waals surface area contributed by atoms with Gasteiger partial charge in [0.15, 0.2) is 0 Å². The molecule has 0 aliphatic rings. The van der Waals surface area contributed by atoms with Crippen LogP contribution in [-0.2, 0) is 14.8 Å². The molecule has 0 spiro atoms. The molecule has 0 heterocycles. The van der Waals surface area contributed by atoms with E-state index < -0.39 is 22.0 Å². The minimum absolute atomic E-state index is 0.203. The highest BCUT2D eigenvalue weighted by atomic mass is 35.5. The number of carbonyl (C=O) groups excluding carboxylic acids is 1. The van der Waals surface area contributed by atoms with Crippen LogP contribution in [-0.4, -0.2) is 26.6 Å². The molecule has 0 saturated carbocycles. The largest absolute Gasteiger partial charge is 0.323 e. The molecule has 1 amide bonds. The zero-order chi connectivity index (χ0) is 20.4. The number of benzene rings is 2. The fourth-order valence-corrected chi connectivity index (χ4v) is 4.39. The lowest BCUT2D eigenvalue weighted by Gasteiger charge is -2.30. The zero-order valence-corrected chi connectivity index (χ0v) is 18.0. The quantitative estimate of drug-likeness (QED) is 0.621. The van der Waals surface area contributed by atoms with Gasteiger partial charge in [-0.2, -0.15) is 0 Å². The van der Waals surface area contributed by atoms with Gasteiger partial charge in [0.1, 0.15) is 6.04 Å². The van der Waals surface area contributed by atoms with E-state index in [0.717, 1.165) is 16.1 Å². The van der Waals surface area contributed by atoms with Crippen LogP contribution < -0.4 is 9.62 Å². The molecule has 0 fully saturated rings. The molecule has 0 aliphatic heterocycles. The summed E-state index contributed by atoms with van der Waals surface area (Å²) in [6.07, 6.45) is 1.32. The van der Waals surface area contributed by atoms with Crippen molar-refractivity contribution in [2.24, 2.45) is 0 Å². The average molecular weight is 450 g/mol. The monoisotopic (exact) mass is 448 g/mol. The van der Waals surface area contributed by atoms with Crippen molar-refractivity contribution in [3.8, 4) is 0 Å². The molecule has 2 rings (SSSR count). The highest BCUT2D eigenvalue weighted by Gasteiger charge is 2.31. The van der Waals surface area contributed by atoms with Gasteiger partial charge in [-0.05, 0) is 37.6 Å². The van der Waals surface area contributed by atoms with Crippen LogP contribution in [0.2, 0.25) is 15.1 Å². The molecule has 0 bridgehead atoms. The molecule has 1 atom stereocenters. The minimum atomic E-state index is -3.71. The third kappa shape index (κ3) is 5.29. The van der Waals surface area contributed by atoms with Crippen LogP contribution in [0.1, 0.15) is 18.9 Å². The van der Waals surface area contributed by atoms with Gasteiger partial charge in [-0.15, -0.1) is 0 Å². The number of carbonyl (C=O) groups is 1. The Kier molecular flexibility index (Phi) is 7.03. The van der Waals surface area contributed by atoms with Gasteiger partial charge >= 0.3 is 0 Å². The Morgan fingerprint density at radius 2 is 1.63 bits per heavy atom. The lowest BCUT2D eigenvalue weighted by molar-refractivity contribution is -0.117. The van der Waals surface area contributed by atoms with Gasteiger partial charge in [0, 0.05) is 0 Å². The Bertz CT molecular complexity index is 947. The van der Waals surface area contributed by atoms with Crippen LogP contribution in [0.15, 0.2) is 36.4 Å². The number of rotatable bonds is 6. The summed E-state index contributed by atoms with van der Waals surface area (Å²) in [6.45, 7) is 3.62. The van der Waals surface area contributed by atoms with Crippen molar-refractivity contribution >= 4 is 62.1 Å². The summed E-state index contributed by atoms with van der Waals surface area (Å²) in [7, 11) is -3.71. The van der Waals surface area contributed by atoms with Gasteiger partial charge < -0.3 is 5.32 Å². The van der Waals surface area contributed by atoms with Crippen molar-refractivity contribution in [2.45, 2.75) is 26.3 Å². The maximum Gasteiger partial charge on any atom is 0.248 e. The lowest BCUT2D eigenvalue weighted by Crippen LogP contribution is -2.47. The number of aryl methyl sites for hydroxylation is 1. The van der Waals surface area contributed by atoms with E-state index in [1.807, 2.05) is 6.92 Å².